The van der Waals surface area contributed by atoms with Crippen molar-refractivity contribution in [1.29, 1.82) is 0 Å². The van der Waals surface area contributed by atoms with E-state index in [-0.39, 0.29) is 18.9 Å². The maximum Gasteiger partial charge on any atom is 0.233 e. The molecule has 138 valence electrons. The third-order valence-corrected chi connectivity index (χ3v) is 9.25. The lowest BCUT2D eigenvalue weighted by atomic mass is 9.94. The largest absolute Gasteiger partial charge is 0.341 e. The SMILES string of the molecule is O=C(N1CC[C@@H](S(=O)(=O)[C@@]2(Cl)C=CC=CC2)C1)C1(c2ccccc2)CC1. The molecule has 0 bridgehead atoms. The first kappa shape index (κ1) is 17.8. The van der Waals surface area contributed by atoms with E-state index >= 15 is 0 Å². The van der Waals surface area contributed by atoms with Crippen molar-refractivity contribution in [3.05, 3.63) is 60.2 Å². The van der Waals surface area contributed by atoms with Crippen LogP contribution in [-0.2, 0) is 20.0 Å². The van der Waals surface area contributed by atoms with E-state index in [1.807, 2.05) is 30.3 Å². The number of nitrogens with zero attached hydrogens (tertiary/aromatic N) is 1. The van der Waals surface area contributed by atoms with E-state index in [1.54, 1.807) is 29.2 Å². The molecule has 0 spiro atoms. The van der Waals surface area contributed by atoms with E-state index in [1.165, 1.54) is 0 Å². The van der Waals surface area contributed by atoms with Gasteiger partial charge in [0, 0.05) is 19.5 Å². The van der Waals surface area contributed by atoms with Crippen molar-refractivity contribution < 1.29 is 13.2 Å². The van der Waals surface area contributed by atoms with Crippen LogP contribution in [0.25, 0.3) is 0 Å². The molecular formula is C20H22ClNO3S. The minimum Gasteiger partial charge on any atom is -0.341 e. The predicted octanol–water partition coefficient (Wildman–Crippen LogP) is 3.19. The molecular weight excluding hydrogens is 370 g/mol. The van der Waals surface area contributed by atoms with Crippen LogP contribution < -0.4 is 0 Å². The van der Waals surface area contributed by atoms with Crippen LogP contribution >= 0.6 is 11.6 Å². The van der Waals surface area contributed by atoms with E-state index in [9.17, 15) is 13.2 Å². The number of sulfone groups is 1. The Morgan fingerprint density at radius 2 is 1.88 bits per heavy atom. The van der Waals surface area contributed by atoms with Crippen molar-refractivity contribution in [2.24, 2.45) is 0 Å². The second-order valence-electron chi connectivity index (χ2n) is 7.43. The summed E-state index contributed by atoms with van der Waals surface area (Å²) in [5.74, 6) is 0.0594. The summed E-state index contributed by atoms with van der Waals surface area (Å²) in [6, 6.07) is 9.80. The average molecular weight is 392 g/mol. The quantitative estimate of drug-likeness (QED) is 0.740. The fourth-order valence-electron chi connectivity index (χ4n) is 4.04. The van der Waals surface area contributed by atoms with Gasteiger partial charge in [-0.15, -0.1) is 0 Å². The van der Waals surface area contributed by atoms with E-state index < -0.39 is 24.7 Å². The average Bonchev–Trinajstić information content (AvgIpc) is 3.31. The minimum atomic E-state index is -3.58. The van der Waals surface area contributed by atoms with Crippen molar-refractivity contribution in [3.8, 4) is 0 Å². The molecule has 2 aliphatic carbocycles. The summed E-state index contributed by atoms with van der Waals surface area (Å²) in [6.45, 7) is 0.714. The normalized spacial score (nSPS) is 29.7. The lowest BCUT2D eigenvalue weighted by Crippen LogP contribution is -2.43. The molecule has 3 aliphatic rings. The Kier molecular flexibility index (Phi) is 4.27. The third-order valence-electron chi connectivity index (χ3n) is 5.82. The molecule has 1 aromatic rings. The maximum absolute atomic E-state index is 13.1. The number of alkyl halides is 1. The zero-order valence-electron chi connectivity index (χ0n) is 14.5. The Balaban J connectivity index is 1.52. The summed E-state index contributed by atoms with van der Waals surface area (Å²) < 4.78 is 24.7. The number of halogens is 1. The second kappa shape index (κ2) is 6.24. The summed E-state index contributed by atoms with van der Waals surface area (Å²) in [4.78, 5) is 14.9. The smallest absolute Gasteiger partial charge is 0.233 e. The van der Waals surface area contributed by atoms with Crippen molar-refractivity contribution in [2.45, 2.75) is 40.6 Å². The summed E-state index contributed by atoms with van der Waals surface area (Å²) >= 11 is 6.44. The molecule has 4 rings (SSSR count). The molecule has 1 aliphatic heterocycles. The van der Waals surface area contributed by atoms with E-state index in [2.05, 4.69) is 0 Å². The van der Waals surface area contributed by atoms with E-state index in [0.29, 0.717) is 13.0 Å². The third kappa shape index (κ3) is 2.72. The maximum atomic E-state index is 13.1. The molecule has 26 heavy (non-hydrogen) atoms. The van der Waals surface area contributed by atoms with Gasteiger partial charge in [-0.05, 0) is 30.9 Å². The number of rotatable bonds is 4. The Labute approximate surface area is 159 Å². The molecule has 1 saturated heterocycles. The molecule has 2 fully saturated rings. The van der Waals surface area contributed by atoms with Gasteiger partial charge in [0.2, 0.25) is 5.91 Å². The van der Waals surface area contributed by atoms with Crippen LogP contribution in [0.5, 0.6) is 0 Å². The van der Waals surface area contributed by atoms with Gasteiger partial charge in [-0.25, -0.2) is 8.42 Å². The number of carbonyl (C=O) groups is 1. The standard InChI is InChI=1S/C20H22ClNO3S/c21-20(10-5-2-6-11-20)26(24,25)17-9-14-22(15-17)18(23)19(12-13-19)16-7-3-1-4-8-16/h1-8,10,17H,9,11-15H2/t17-,20+/m1/s1. The van der Waals surface area contributed by atoms with Gasteiger partial charge >= 0.3 is 0 Å². The molecule has 0 radical (unpaired) electrons. The highest BCUT2D eigenvalue weighted by atomic mass is 35.5. The van der Waals surface area contributed by atoms with Gasteiger partial charge in [0.15, 0.2) is 14.0 Å². The number of allylic oxidation sites excluding steroid dienone is 3. The number of likely N-dealkylation sites (tertiary alicyclic amines) is 1. The summed E-state index contributed by atoms with van der Waals surface area (Å²) in [5.41, 5.74) is 0.581. The van der Waals surface area contributed by atoms with Gasteiger partial charge in [0.25, 0.3) is 0 Å². The summed E-state index contributed by atoms with van der Waals surface area (Å²) in [7, 11) is -3.58. The summed E-state index contributed by atoms with van der Waals surface area (Å²) in [5, 5.41) is -0.605. The number of amides is 1. The summed E-state index contributed by atoms with van der Waals surface area (Å²) in [6.07, 6.45) is 9.19. The van der Waals surface area contributed by atoms with Crippen LogP contribution in [0.1, 0.15) is 31.2 Å². The highest BCUT2D eigenvalue weighted by Gasteiger charge is 2.55. The van der Waals surface area contributed by atoms with Crippen LogP contribution in [0.15, 0.2) is 54.6 Å². The van der Waals surface area contributed by atoms with E-state index in [0.717, 1.165) is 18.4 Å². The molecule has 1 heterocycles. The molecule has 0 aromatic heterocycles. The molecule has 1 aromatic carbocycles. The molecule has 6 heteroatoms. The Morgan fingerprint density at radius 1 is 1.15 bits per heavy atom. The number of carbonyl (C=O) groups excluding carboxylic acids is 1. The van der Waals surface area contributed by atoms with Crippen LogP contribution in [0.2, 0.25) is 0 Å². The Morgan fingerprint density at radius 3 is 2.50 bits per heavy atom. The first-order valence-corrected chi connectivity index (χ1v) is 10.9. The monoisotopic (exact) mass is 391 g/mol. The predicted molar refractivity (Wildman–Crippen MR) is 103 cm³/mol. The Hall–Kier alpha value is -1.59. The fourth-order valence-corrected chi connectivity index (χ4v) is 6.52. The first-order chi connectivity index (χ1) is 12.4. The van der Waals surface area contributed by atoms with Crippen LogP contribution in [-0.4, -0.2) is 41.8 Å². The number of hydrogen-bond acceptors (Lipinski definition) is 3. The second-order valence-corrected chi connectivity index (χ2v) is 10.8. The van der Waals surface area contributed by atoms with Crippen molar-refractivity contribution in [2.75, 3.05) is 13.1 Å². The fraction of sp³-hybridized carbons (Fsp3) is 0.450. The van der Waals surface area contributed by atoms with Crippen molar-refractivity contribution >= 4 is 27.3 Å². The van der Waals surface area contributed by atoms with Gasteiger partial charge in [0.1, 0.15) is 0 Å². The number of benzene rings is 1. The zero-order chi connectivity index (χ0) is 18.4. The van der Waals surface area contributed by atoms with Gasteiger partial charge in [-0.1, -0.05) is 60.2 Å². The van der Waals surface area contributed by atoms with Gasteiger partial charge in [-0.3, -0.25) is 4.79 Å². The van der Waals surface area contributed by atoms with Crippen molar-refractivity contribution in [1.82, 2.24) is 4.90 Å². The lowest BCUT2D eigenvalue weighted by molar-refractivity contribution is -0.132. The molecule has 2 atom stereocenters. The highest BCUT2D eigenvalue weighted by molar-refractivity contribution is 7.95. The zero-order valence-corrected chi connectivity index (χ0v) is 16.0. The van der Waals surface area contributed by atoms with Gasteiger partial charge in [-0.2, -0.15) is 0 Å². The molecule has 4 nitrogen and oxygen atoms in total. The first-order valence-electron chi connectivity index (χ1n) is 9.01. The molecule has 1 amide bonds. The lowest BCUT2D eigenvalue weighted by Gasteiger charge is -2.28. The van der Waals surface area contributed by atoms with Gasteiger partial charge in [0.05, 0.1) is 10.7 Å². The highest BCUT2D eigenvalue weighted by Crippen LogP contribution is 2.50. The molecule has 0 unspecified atom stereocenters. The van der Waals surface area contributed by atoms with E-state index in [4.69, 9.17) is 11.6 Å². The van der Waals surface area contributed by atoms with Crippen LogP contribution in [0.3, 0.4) is 0 Å². The molecule has 1 saturated carbocycles. The van der Waals surface area contributed by atoms with Crippen LogP contribution in [0, 0.1) is 0 Å². The Bertz CT molecular complexity index is 874. The topological polar surface area (TPSA) is 54.5 Å². The minimum absolute atomic E-state index is 0.0594. The van der Waals surface area contributed by atoms with Crippen LogP contribution in [0.4, 0.5) is 0 Å². The van der Waals surface area contributed by atoms with Gasteiger partial charge < -0.3 is 4.90 Å². The number of hydrogen-bond donors (Lipinski definition) is 0. The molecule has 0 N–H and O–H groups in total. The van der Waals surface area contributed by atoms with Crippen molar-refractivity contribution in [3.63, 3.8) is 0 Å².